The second-order valence-electron chi connectivity index (χ2n) is 7.25. The zero-order valence-corrected chi connectivity index (χ0v) is 17.8. The predicted octanol–water partition coefficient (Wildman–Crippen LogP) is 4.18. The van der Waals surface area contributed by atoms with E-state index in [0.717, 1.165) is 42.1 Å². The van der Waals surface area contributed by atoms with E-state index in [-0.39, 0.29) is 30.1 Å². The molecule has 0 saturated heterocycles. The molecule has 6 nitrogen and oxygen atoms in total. The van der Waals surface area contributed by atoms with Crippen LogP contribution >= 0.6 is 22.9 Å². The van der Waals surface area contributed by atoms with Gasteiger partial charge in [0.25, 0.3) is 5.91 Å². The molecule has 4 rings (SSSR count). The minimum absolute atomic E-state index is 0.0973. The second kappa shape index (κ2) is 9.44. The molecule has 0 radical (unpaired) electrons. The van der Waals surface area contributed by atoms with Crippen LogP contribution in [0, 0.1) is 5.82 Å². The Morgan fingerprint density at radius 2 is 1.97 bits per heavy atom. The first-order valence-corrected chi connectivity index (χ1v) is 11.5. The number of aromatic nitrogens is 2. The molecule has 0 bridgehead atoms. The molecule has 0 aliphatic heterocycles. The Balaban J connectivity index is 1.71. The summed E-state index contributed by atoms with van der Waals surface area (Å²) >= 11 is 2.59. The highest BCUT2D eigenvalue weighted by molar-refractivity contribution is 7.09. The molecule has 1 aliphatic rings. The van der Waals surface area contributed by atoms with Crippen molar-refractivity contribution in [3.63, 3.8) is 0 Å². The highest BCUT2D eigenvalue weighted by atomic mass is 32.1. The number of carbonyl (C=O) groups is 2. The molecule has 30 heavy (non-hydrogen) atoms. The quantitative estimate of drug-likeness (QED) is 0.593. The summed E-state index contributed by atoms with van der Waals surface area (Å²) in [5.74, 6) is -1.04. The number of amides is 2. The van der Waals surface area contributed by atoms with Gasteiger partial charge in [-0.3, -0.25) is 9.59 Å². The molecule has 156 valence electrons. The average molecular weight is 445 g/mol. The Kier molecular flexibility index (Phi) is 6.49. The predicted molar refractivity (Wildman–Crippen MR) is 114 cm³/mol. The van der Waals surface area contributed by atoms with Crippen molar-refractivity contribution in [2.24, 2.45) is 0 Å². The van der Waals surface area contributed by atoms with E-state index >= 15 is 0 Å². The molecule has 3 aromatic rings. The Labute approximate surface area is 181 Å². The lowest BCUT2D eigenvalue weighted by Crippen LogP contribution is -2.45. The van der Waals surface area contributed by atoms with Crippen LogP contribution in [0.25, 0.3) is 0 Å². The van der Waals surface area contributed by atoms with Crippen LogP contribution in [0.5, 0.6) is 0 Å². The second-order valence-corrected chi connectivity index (χ2v) is 8.89. The largest absolute Gasteiger partial charge is 0.351 e. The van der Waals surface area contributed by atoms with Gasteiger partial charge < -0.3 is 10.2 Å². The maximum absolute atomic E-state index is 13.6. The van der Waals surface area contributed by atoms with Crippen LogP contribution in [0.2, 0.25) is 0 Å². The van der Waals surface area contributed by atoms with Crippen LogP contribution in [-0.2, 0) is 11.3 Å². The maximum atomic E-state index is 13.6. The molecule has 1 atom stereocenters. The monoisotopic (exact) mass is 444 g/mol. The molecular formula is C21H21FN4O2S2. The van der Waals surface area contributed by atoms with E-state index < -0.39 is 11.9 Å². The first kappa shape index (κ1) is 20.6. The van der Waals surface area contributed by atoms with Gasteiger partial charge in [-0.15, -0.1) is 16.4 Å². The molecule has 2 heterocycles. The van der Waals surface area contributed by atoms with Gasteiger partial charge in [-0.2, -0.15) is 0 Å². The van der Waals surface area contributed by atoms with E-state index in [1.54, 1.807) is 17.5 Å². The minimum atomic E-state index is -0.900. The molecule has 1 aliphatic carbocycles. The third-order valence-corrected chi connectivity index (χ3v) is 6.56. The van der Waals surface area contributed by atoms with Gasteiger partial charge in [0.15, 0.2) is 5.69 Å². The molecular weight excluding hydrogens is 423 g/mol. The van der Waals surface area contributed by atoms with Crippen LogP contribution in [0.4, 0.5) is 4.39 Å². The molecule has 1 unspecified atom stereocenters. The summed E-state index contributed by atoms with van der Waals surface area (Å²) < 4.78 is 17.4. The van der Waals surface area contributed by atoms with E-state index in [1.165, 1.54) is 28.4 Å². The first-order chi connectivity index (χ1) is 14.6. The number of hydrogen-bond donors (Lipinski definition) is 1. The fourth-order valence-electron chi connectivity index (χ4n) is 3.72. The molecule has 1 saturated carbocycles. The topological polar surface area (TPSA) is 75.2 Å². The van der Waals surface area contributed by atoms with Gasteiger partial charge in [-0.1, -0.05) is 35.5 Å². The number of thiophene rings is 1. The number of rotatable bonds is 7. The van der Waals surface area contributed by atoms with Gasteiger partial charge >= 0.3 is 0 Å². The fraction of sp³-hybridized carbons (Fsp3) is 0.333. The zero-order chi connectivity index (χ0) is 20.9. The van der Waals surface area contributed by atoms with Gasteiger partial charge in [0.05, 0.1) is 6.54 Å². The zero-order valence-electron chi connectivity index (χ0n) is 16.2. The maximum Gasteiger partial charge on any atom is 0.276 e. The van der Waals surface area contributed by atoms with Crippen LogP contribution in [0.3, 0.4) is 0 Å². The van der Waals surface area contributed by atoms with Crippen molar-refractivity contribution in [1.82, 2.24) is 19.8 Å². The fourth-order valence-corrected chi connectivity index (χ4v) is 4.86. The van der Waals surface area contributed by atoms with Crippen molar-refractivity contribution in [2.75, 3.05) is 0 Å². The highest BCUT2D eigenvalue weighted by Crippen LogP contribution is 2.28. The van der Waals surface area contributed by atoms with Gasteiger partial charge in [0.2, 0.25) is 5.91 Å². The van der Waals surface area contributed by atoms with Gasteiger partial charge in [0.1, 0.15) is 11.9 Å². The van der Waals surface area contributed by atoms with Crippen LogP contribution in [0.15, 0.2) is 47.2 Å². The number of carbonyl (C=O) groups excluding carboxylic acids is 2. The summed E-state index contributed by atoms with van der Waals surface area (Å²) in [6.45, 7) is 0.244. The third-order valence-electron chi connectivity index (χ3n) is 5.19. The highest BCUT2D eigenvalue weighted by Gasteiger charge is 2.34. The number of halogens is 1. The molecule has 2 amide bonds. The summed E-state index contributed by atoms with van der Waals surface area (Å²) in [5.41, 5.74) is 0.748. The number of nitrogens with zero attached hydrogens (tertiary/aromatic N) is 3. The van der Waals surface area contributed by atoms with Gasteiger partial charge in [-0.25, -0.2) is 4.39 Å². The van der Waals surface area contributed by atoms with Crippen molar-refractivity contribution < 1.29 is 14.0 Å². The van der Waals surface area contributed by atoms with Crippen LogP contribution < -0.4 is 5.32 Å². The third kappa shape index (κ3) is 4.73. The Morgan fingerprint density at radius 1 is 1.20 bits per heavy atom. The number of hydrogen-bond acceptors (Lipinski definition) is 6. The minimum Gasteiger partial charge on any atom is -0.351 e. The van der Waals surface area contributed by atoms with E-state index in [2.05, 4.69) is 14.9 Å². The smallest absolute Gasteiger partial charge is 0.276 e. The van der Waals surface area contributed by atoms with E-state index in [4.69, 9.17) is 0 Å². The molecule has 1 fully saturated rings. The molecule has 9 heteroatoms. The SMILES string of the molecule is O=C(NC1CCCC1)C(c1ccc(F)cc1)N(Cc1cccs1)C(=O)c1csnn1. The summed E-state index contributed by atoms with van der Waals surface area (Å²) in [6, 6.07) is 8.75. The van der Waals surface area contributed by atoms with E-state index in [0.29, 0.717) is 5.56 Å². The molecule has 1 N–H and O–H groups in total. The van der Waals surface area contributed by atoms with E-state index in [9.17, 15) is 14.0 Å². The Bertz CT molecular complexity index is 971. The lowest BCUT2D eigenvalue weighted by Gasteiger charge is -2.31. The molecule has 2 aromatic heterocycles. The standard InChI is InChI=1S/C21H21FN4O2S2/c22-15-9-7-14(8-10-15)19(20(27)23-16-4-1-2-5-16)26(12-17-6-3-11-29-17)21(28)18-13-30-25-24-18/h3,6-11,13,16,19H,1-2,4-5,12H2,(H,23,27). The Hall–Kier alpha value is -2.65. The summed E-state index contributed by atoms with van der Waals surface area (Å²) in [5, 5.41) is 10.5. The first-order valence-electron chi connectivity index (χ1n) is 9.78. The van der Waals surface area contributed by atoms with Gasteiger partial charge in [0, 0.05) is 16.3 Å². The molecule has 0 spiro atoms. The average Bonchev–Trinajstić information content (AvgIpc) is 3.52. The summed E-state index contributed by atoms with van der Waals surface area (Å²) in [7, 11) is 0. The molecule has 1 aromatic carbocycles. The lowest BCUT2D eigenvalue weighted by molar-refractivity contribution is -0.126. The van der Waals surface area contributed by atoms with Crippen LogP contribution in [-0.4, -0.2) is 32.3 Å². The van der Waals surface area contributed by atoms with Crippen molar-refractivity contribution >= 4 is 34.7 Å². The summed E-state index contributed by atoms with van der Waals surface area (Å²) in [4.78, 5) is 29.2. The van der Waals surface area contributed by atoms with Crippen molar-refractivity contribution in [1.29, 1.82) is 0 Å². The van der Waals surface area contributed by atoms with Crippen LogP contribution in [0.1, 0.15) is 52.7 Å². The van der Waals surface area contributed by atoms with E-state index in [1.807, 2.05) is 17.5 Å². The number of nitrogens with one attached hydrogen (secondary N) is 1. The normalized spacial score (nSPS) is 15.1. The Morgan fingerprint density at radius 3 is 2.60 bits per heavy atom. The summed E-state index contributed by atoms with van der Waals surface area (Å²) in [6.07, 6.45) is 4.01. The van der Waals surface area contributed by atoms with Crippen molar-refractivity contribution in [3.05, 3.63) is 69.1 Å². The van der Waals surface area contributed by atoms with Gasteiger partial charge in [-0.05, 0) is 53.5 Å². The lowest BCUT2D eigenvalue weighted by atomic mass is 10.0. The van der Waals surface area contributed by atoms with Crippen molar-refractivity contribution in [2.45, 2.75) is 44.3 Å². The number of benzene rings is 1. The van der Waals surface area contributed by atoms with Crippen molar-refractivity contribution in [3.8, 4) is 0 Å².